The molecule has 1 aliphatic heterocycles. The van der Waals surface area contributed by atoms with E-state index in [4.69, 9.17) is 9.47 Å². The summed E-state index contributed by atoms with van der Waals surface area (Å²) in [5, 5.41) is 0.931. The monoisotopic (exact) mass is 444 g/mol. The molecule has 1 unspecified atom stereocenters. The van der Waals surface area contributed by atoms with Crippen LogP contribution in [0.15, 0.2) is 22.7 Å². The van der Waals surface area contributed by atoms with Gasteiger partial charge in [0.05, 0.1) is 18.8 Å². The first kappa shape index (κ1) is 17.8. The molecule has 23 heavy (non-hydrogen) atoms. The van der Waals surface area contributed by atoms with Crippen LogP contribution in [0.5, 0.6) is 5.75 Å². The lowest BCUT2D eigenvalue weighted by Crippen LogP contribution is -2.48. The first-order chi connectivity index (χ1) is 10.9. The summed E-state index contributed by atoms with van der Waals surface area (Å²) in [6.07, 6.45) is 6.18. The van der Waals surface area contributed by atoms with E-state index in [1.165, 1.54) is 24.8 Å². The third-order valence-corrected chi connectivity index (χ3v) is 7.31. The van der Waals surface area contributed by atoms with Crippen LogP contribution in [-0.4, -0.2) is 24.1 Å². The second-order valence-electron chi connectivity index (χ2n) is 7.72. The summed E-state index contributed by atoms with van der Waals surface area (Å²) in [4.78, 5) is 0. The van der Waals surface area contributed by atoms with Gasteiger partial charge >= 0.3 is 0 Å². The smallest absolute Gasteiger partial charge is 0.119 e. The zero-order chi connectivity index (χ0) is 16.7. The highest BCUT2D eigenvalue weighted by Gasteiger charge is 2.55. The number of halogens is 2. The second-order valence-corrected chi connectivity index (χ2v) is 9.23. The van der Waals surface area contributed by atoms with Crippen LogP contribution < -0.4 is 4.74 Å². The summed E-state index contributed by atoms with van der Waals surface area (Å²) in [5.74, 6) is 1.53. The van der Waals surface area contributed by atoms with E-state index < -0.39 is 0 Å². The van der Waals surface area contributed by atoms with Crippen molar-refractivity contribution in [2.75, 3.05) is 12.4 Å². The summed E-state index contributed by atoms with van der Waals surface area (Å²) in [6, 6.07) is 6.25. The SMILES string of the molecule is COc1ccc(Br)c(C[C@@]23CCCC(C)(C)[C@@H]2CC(CBr)O3)c1. The van der Waals surface area contributed by atoms with Crippen LogP contribution in [0.1, 0.15) is 45.1 Å². The predicted molar refractivity (Wildman–Crippen MR) is 102 cm³/mol. The second kappa shape index (κ2) is 6.68. The highest BCUT2D eigenvalue weighted by atomic mass is 79.9. The van der Waals surface area contributed by atoms with Crippen molar-refractivity contribution >= 4 is 31.9 Å². The Morgan fingerprint density at radius 3 is 2.78 bits per heavy atom. The molecule has 2 nitrogen and oxygen atoms in total. The largest absolute Gasteiger partial charge is 0.497 e. The number of methoxy groups -OCH3 is 1. The van der Waals surface area contributed by atoms with Gasteiger partial charge in [-0.3, -0.25) is 0 Å². The molecule has 1 saturated heterocycles. The molecule has 0 radical (unpaired) electrons. The molecule has 1 heterocycles. The summed E-state index contributed by atoms with van der Waals surface area (Å²) >= 11 is 7.36. The van der Waals surface area contributed by atoms with Crippen molar-refractivity contribution in [2.45, 2.75) is 57.7 Å². The summed E-state index contributed by atoms with van der Waals surface area (Å²) < 4.78 is 13.2. The fourth-order valence-electron chi connectivity index (χ4n) is 4.71. The maximum absolute atomic E-state index is 6.66. The molecule has 2 aliphatic rings. The molecule has 0 amide bonds. The van der Waals surface area contributed by atoms with Gasteiger partial charge in [0.2, 0.25) is 0 Å². The molecule has 0 spiro atoms. The van der Waals surface area contributed by atoms with E-state index in [1.807, 2.05) is 6.07 Å². The molecule has 0 bridgehead atoms. The normalized spacial score (nSPS) is 32.6. The standard InChI is InChI=1S/C19H26Br2O2/c1-18(2)7-4-8-19(17(18)10-15(12-20)23-19)11-13-9-14(22-3)5-6-16(13)21/h5-6,9,15,17H,4,7-8,10-12H2,1-3H3/t15?,17-,19-/m0/s1. The van der Waals surface area contributed by atoms with Crippen LogP contribution in [0.2, 0.25) is 0 Å². The first-order valence-electron chi connectivity index (χ1n) is 8.46. The minimum atomic E-state index is -0.0327. The van der Waals surface area contributed by atoms with Gasteiger partial charge in [0.25, 0.3) is 0 Å². The topological polar surface area (TPSA) is 18.5 Å². The minimum Gasteiger partial charge on any atom is -0.497 e. The van der Waals surface area contributed by atoms with Crippen molar-refractivity contribution in [1.29, 1.82) is 0 Å². The Labute approximate surface area is 156 Å². The molecule has 128 valence electrons. The lowest BCUT2D eigenvalue weighted by molar-refractivity contribution is -0.0997. The molecule has 3 rings (SSSR count). The van der Waals surface area contributed by atoms with Gasteiger partial charge in [-0.1, -0.05) is 52.1 Å². The summed E-state index contributed by atoms with van der Waals surface area (Å²) in [7, 11) is 1.73. The fourth-order valence-corrected chi connectivity index (χ4v) is 5.49. The molecule has 2 fully saturated rings. The fraction of sp³-hybridized carbons (Fsp3) is 0.684. The van der Waals surface area contributed by atoms with Gasteiger partial charge < -0.3 is 9.47 Å². The van der Waals surface area contributed by atoms with Crippen molar-refractivity contribution in [3.8, 4) is 5.75 Å². The molecule has 0 N–H and O–H groups in total. The Balaban J connectivity index is 1.95. The van der Waals surface area contributed by atoms with Crippen molar-refractivity contribution in [2.24, 2.45) is 11.3 Å². The molecule has 1 aliphatic carbocycles. The highest BCUT2D eigenvalue weighted by molar-refractivity contribution is 9.10. The van der Waals surface area contributed by atoms with E-state index in [-0.39, 0.29) is 5.60 Å². The Morgan fingerprint density at radius 1 is 1.30 bits per heavy atom. The minimum absolute atomic E-state index is 0.0327. The van der Waals surface area contributed by atoms with E-state index in [9.17, 15) is 0 Å². The van der Waals surface area contributed by atoms with Crippen LogP contribution in [0, 0.1) is 11.3 Å². The van der Waals surface area contributed by atoms with Gasteiger partial charge in [0, 0.05) is 16.2 Å². The molecular weight excluding hydrogens is 420 g/mol. The number of alkyl halides is 1. The molecule has 1 aromatic rings. The number of hydrogen-bond donors (Lipinski definition) is 0. The average Bonchev–Trinajstić information content (AvgIpc) is 2.90. The van der Waals surface area contributed by atoms with E-state index in [2.05, 4.69) is 57.8 Å². The lowest BCUT2D eigenvalue weighted by atomic mass is 9.59. The molecule has 3 atom stereocenters. The van der Waals surface area contributed by atoms with E-state index in [0.717, 1.165) is 28.4 Å². The van der Waals surface area contributed by atoms with E-state index >= 15 is 0 Å². The maximum atomic E-state index is 6.66. The van der Waals surface area contributed by atoms with Crippen LogP contribution >= 0.6 is 31.9 Å². The van der Waals surface area contributed by atoms with Gasteiger partial charge in [-0.2, -0.15) is 0 Å². The molecule has 1 saturated carbocycles. The predicted octanol–water partition coefficient (Wildman–Crippen LogP) is 5.75. The number of benzene rings is 1. The maximum Gasteiger partial charge on any atom is 0.119 e. The quantitative estimate of drug-likeness (QED) is 0.549. The molecule has 0 aromatic heterocycles. The van der Waals surface area contributed by atoms with Gasteiger partial charge in [-0.05, 0) is 54.4 Å². The van der Waals surface area contributed by atoms with Crippen molar-refractivity contribution in [3.63, 3.8) is 0 Å². The van der Waals surface area contributed by atoms with Gasteiger partial charge in [-0.25, -0.2) is 0 Å². The van der Waals surface area contributed by atoms with Gasteiger partial charge in [0.1, 0.15) is 5.75 Å². The van der Waals surface area contributed by atoms with Gasteiger partial charge in [0.15, 0.2) is 0 Å². The molecule has 1 aromatic carbocycles. The Kier molecular flexibility index (Phi) is 5.16. The van der Waals surface area contributed by atoms with E-state index in [0.29, 0.717) is 17.4 Å². The zero-order valence-corrected chi connectivity index (χ0v) is 17.4. The Morgan fingerprint density at radius 2 is 2.09 bits per heavy atom. The first-order valence-corrected chi connectivity index (χ1v) is 10.4. The third-order valence-electron chi connectivity index (χ3n) is 5.81. The van der Waals surface area contributed by atoms with Crippen molar-refractivity contribution in [3.05, 3.63) is 28.2 Å². The number of ether oxygens (including phenoxy) is 2. The Hall–Kier alpha value is -0.0600. The van der Waals surface area contributed by atoms with Crippen LogP contribution in [-0.2, 0) is 11.2 Å². The highest BCUT2D eigenvalue weighted by Crippen LogP contribution is 2.56. The third kappa shape index (κ3) is 3.36. The van der Waals surface area contributed by atoms with E-state index in [1.54, 1.807) is 7.11 Å². The van der Waals surface area contributed by atoms with Crippen LogP contribution in [0.25, 0.3) is 0 Å². The summed E-state index contributed by atoms with van der Waals surface area (Å²) in [5.41, 5.74) is 1.61. The van der Waals surface area contributed by atoms with Crippen molar-refractivity contribution < 1.29 is 9.47 Å². The zero-order valence-electron chi connectivity index (χ0n) is 14.2. The van der Waals surface area contributed by atoms with Crippen LogP contribution in [0.4, 0.5) is 0 Å². The summed E-state index contributed by atoms with van der Waals surface area (Å²) in [6.45, 7) is 4.85. The average molecular weight is 446 g/mol. The molecular formula is C19H26Br2O2. The van der Waals surface area contributed by atoms with Crippen molar-refractivity contribution in [1.82, 2.24) is 0 Å². The lowest BCUT2D eigenvalue weighted by Gasteiger charge is -2.48. The number of hydrogen-bond acceptors (Lipinski definition) is 2. The Bertz CT molecular complexity index is 572. The number of rotatable bonds is 4. The number of fused-ring (bicyclic) bond motifs is 1. The van der Waals surface area contributed by atoms with Gasteiger partial charge in [-0.15, -0.1) is 0 Å². The molecule has 4 heteroatoms. The van der Waals surface area contributed by atoms with Crippen LogP contribution in [0.3, 0.4) is 0 Å².